The molecule has 41 heavy (non-hydrogen) atoms. The van der Waals surface area contributed by atoms with Crippen molar-refractivity contribution in [3.8, 4) is 16.9 Å². The van der Waals surface area contributed by atoms with Gasteiger partial charge in [-0.25, -0.2) is 4.98 Å². The van der Waals surface area contributed by atoms with Gasteiger partial charge in [-0.1, -0.05) is 30.3 Å². The monoisotopic (exact) mass is 570 g/mol. The van der Waals surface area contributed by atoms with E-state index in [1.54, 1.807) is 67.8 Å². The zero-order chi connectivity index (χ0) is 29.6. The zero-order valence-electron chi connectivity index (χ0n) is 21.2. The molecule has 0 amide bonds. The number of hydrogen-bond donors (Lipinski definition) is 1. The normalized spacial score (nSPS) is 12.6. The maximum absolute atomic E-state index is 13.9. The van der Waals surface area contributed by atoms with Crippen LogP contribution in [0.1, 0.15) is 22.6 Å². The molecule has 0 aliphatic carbocycles. The van der Waals surface area contributed by atoms with Gasteiger partial charge in [0.1, 0.15) is 5.82 Å². The number of rotatable bonds is 5. The van der Waals surface area contributed by atoms with Crippen LogP contribution in [0, 0.1) is 6.92 Å². The van der Waals surface area contributed by atoms with Gasteiger partial charge in [0.2, 0.25) is 0 Å². The molecule has 0 aliphatic heterocycles. The van der Waals surface area contributed by atoms with Crippen molar-refractivity contribution in [2.75, 3.05) is 0 Å². The molecular formula is C29H20F6N4O2. The summed E-state index contributed by atoms with van der Waals surface area (Å²) in [6.07, 6.45) is -8.84. The third-order valence-corrected chi connectivity index (χ3v) is 6.60. The molecule has 5 rings (SSSR count). The van der Waals surface area contributed by atoms with E-state index in [2.05, 4.69) is 15.0 Å². The van der Waals surface area contributed by atoms with Gasteiger partial charge in [-0.3, -0.25) is 19.3 Å². The number of aryl methyl sites for hydroxylation is 1. The highest BCUT2D eigenvalue weighted by Gasteiger charge is 2.71. The summed E-state index contributed by atoms with van der Waals surface area (Å²) in [4.78, 5) is 27.0. The Hall–Kier alpha value is -4.58. The molecule has 0 saturated heterocycles. The van der Waals surface area contributed by atoms with Gasteiger partial charge in [0, 0.05) is 35.6 Å². The van der Waals surface area contributed by atoms with Gasteiger partial charge in [-0.05, 0) is 55.0 Å². The quantitative estimate of drug-likeness (QED) is 0.260. The molecule has 12 heteroatoms. The largest absolute Gasteiger partial charge is 0.430 e. The molecular weight excluding hydrogens is 550 g/mol. The average Bonchev–Trinajstić information content (AvgIpc) is 2.93. The molecule has 3 aromatic heterocycles. The molecule has 0 spiro atoms. The van der Waals surface area contributed by atoms with Gasteiger partial charge in [-0.15, -0.1) is 0 Å². The van der Waals surface area contributed by atoms with E-state index in [-0.39, 0.29) is 23.3 Å². The van der Waals surface area contributed by atoms with Crippen LogP contribution in [0.2, 0.25) is 0 Å². The topological polar surface area (TPSA) is 80.9 Å². The number of aromatic nitrogens is 4. The second-order valence-electron chi connectivity index (χ2n) is 9.35. The van der Waals surface area contributed by atoms with E-state index in [9.17, 15) is 36.2 Å². The molecule has 0 bridgehead atoms. The molecule has 3 heterocycles. The summed E-state index contributed by atoms with van der Waals surface area (Å²) in [6, 6.07) is 16.5. The third-order valence-electron chi connectivity index (χ3n) is 6.60. The lowest BCUT2D eigenvalue weighted by Gasteiger charge is -2.32. The first-order valence-electron chi connectivity index (χ1n) is 12.1. The lowest BCUT2D eigenvalue weighted by molar-refractivity contribution is -0.376. The minimum absolute atomic E-state index is 0.0434. The molecule has 5 aromatic rings. The molecule has 0 fully saturated rings. The SMILES string of the molecule is Cc1ccc(Cc2nc3ccc(-c4ccccn4)cc3c(=O)n2-c2ccc(C(O)(C(F)(F)F)C(F)(F)F)cc2)cn1. The summed E-state index contributed by atoms with van der Waals surface area (Å²) < 4.78 is 81.6. The second kappa shape index (κ2) is 10.1. The van der Waals surface area contributed by atoms with Crippen molar-refractivity contribution in [2.45, 2.75) is 31.3 Å². The predicted molar refractivity (Wildman–Crippen MR) is 138 cm³/mol. The van der Waals surface area contributed by atoms with E-state index in [1.165, 1.54) is 0 Å². The van der Waals surface area contributed by atoms with Gasteiger partial charge in [-0.2, -0.15) is 26.3 Å². The fourth-order valence-electron chi connectivity index (χ4n) is 4.43. The molecule has 0 saturated carbocycles. The molecule has 0 unspecified atom stereocenters. The Morgan fingerprint density at radius 3 is 2.15 bits per heavy atom. The number of nitrogens with zero attached hydrogens (tertiary/aromatic N) is 4. The molecule has 210 valence electrons. The fourth-order valence-corrected chi connectivity index (χ4v) is 4.43. The zero-order valence-corrected chi connectivity index (χ0v) is 21.2. The van der Waals surface area contributed by atoms with Crippen LogP contribution < -0.4 is 5.56 Å². The van der Waals surface area contributed by atoms with Crippen LogP contribution in [0.25, 0.3) is 27.8 Å². The summed E-state index contributed by atoms with van der Waals surface area (Å²) in [5.74, 6) is 0.174. The van der Waals surface area contributed by atoms with Gasteiger partial charge < -0.3 is 5.11 Å². The lowest BCUT2D eigenvalue weighted by atomic mass is 9.92. The minimum atomic E-state index is -6.04. The Morgan fingerprint density at radius 1 is 0.854 bits per heavy atom. The van der Waals surface area contributed by atoms with Crippen LogP contribution in [0.5, 0.6) is 0 Å². The van der Waals surface area contributed by atoms with Crippen LogP contribution in [-0.4, -0.2) is 37.0 Å². The predicted octanol–water partition coefficient (Wildman–Crippen LogP) is 6.05. The number of fused-ring (bicyclic) bond motifs is 1. The minimum Gasteiger partial charge on any atom is -0.369 e. The van der Waals surface area contributed by atoms with Crippen molar-refractivity contribution in [3.63, 3.8) is 0 Å². The first-order chi connectivity index (χ1) is 19.3. The smallest absolute Gasteiger partial charge is 0.369 e. The molecule has 0 radical (unpaired) electrons. The first-order valence-corrected chi connectivity index (χ1v) is 12.1. The van der Waals surface area contributed by atoms with E-state index < -0.39 is 29.1 Å². The van der Waals surface area contributed by atoms with E-state index in [1.807, 2.05) is 0 Å². The number of pyridine rings is 2. The Bertz CT molecular complexity index is 1750. The van der Waals surface area contributed by atoms with E-state index in [4.69, 9.17) is 0 Å². The first kappa shape index (κ1) is 28.0. The lowest BCUT2D eigenvalue weighted by Crippen LogP contribution is -2.53. The highest BCUT2D eigenvalue weighted by Crippen LogP contribution is 2.50. The summed E-state index contributed by atoms with van der Waals surface area (Å²) in [5.41, 5.74) is -4.24. The summed E-state index contributed by atoms with van der Waals surface area (Å²) in [5, 5.41) is 9.94. The van der Waals surface area contributed by atoms with Crippen molar-refractivity contribution < 1.29 is 31.4 Å². The standard InChI is InChI=1S/C29H20F6N4O2/c1-17-5-6-18(16-37-17)14-25-38-24-12-7-19(23-4-2-3-13-36-23)15-22(24)26(40)39(25)21-10-8-20(9-11-21)27(41,28(30,31)32)29(33,34)35/h2-13,15-16,41H,14H2,1H3. The highest BCUT2D eigenvalue weighted by molar-refractivity contribution is 5.83. The van der Waals surface area contributed by atoms with E-state index in [0.717, 1.165) is 22.4 Å². The maximum Gasteiger partial charge on any atom is 0.430 e. The number of hydrogen-bond acceptors (Lipinski definition) is 5. The van der Waals surface area contributed by atoms with Gasteiger partial charge >= 0.3 is 12.4 Å². The van der Waals surface area contributed by atoms with Crippen LogP contribution in [0.3, 0.4) is 0 Å². The van der Waals surface area contributed by atoms with Crippen molar-refractivity contribution >= 4 is 10.9 Å². The Balaban J connectivity index is 1.70. The van der Waals surface area contributed by atoms with Crippen molar-refractivity contribution in [1.29, 1.82) is 0 Å². The van der Waals surface area contributed by atoms with Crippen LogP contribution in [-0.2, 0) is 12.0 Å². The maximum atomic E-state index is 13.9. The Labute approximate surface area is 228 Å². The van der Waals surface area contributed by atoms with Gasteiger partial charge in [0.25, 0.3) is 11.2 Å². The summed E-state index contributed by atoms with van der Waals surface area (Å²) in [7, 11) is 0. The van der Waals surface area contributed by atoms with Crippen molar-refractivity contribution in [3.05, 3.63) is 118 Å². The van der Waals surface area contributed by atoms with Crippen molar-refractivity contribution in [2.24, 2.45) is 0 Å². The van der Waals surface area contributed by atoms with E-state index >= 15 is 0 Å². The van der Waals surface area contributed by atoms with Crippen LogP contribution in [0.4, 0.5) is 26.3 Å². The van der Waals surface area contributed by atoms with E-state index in [0.29, 0.717) is 34.5 Å². The van der Waals surface area contributed by atoms with Crippen LogP contribution in [0.15, 0.2) is 90.0 Å². The Kier molecular flexibility index (Phi) is 6.90. The number of halogens is 6. The number of benzene rings is 2. The molecule has 0 aliphatic rings. The third kappa shape index (κ3) is 5.06. The van der Waals surface area contributed by atoms with Gasteiger partial charge in [0.05, 0.1) is 22.3 Å². The summed E-state index contributed by atoms with van der Waals surface area (Å²) in [6.45, 7) is 1.79. The number of alkyl halides is 6. The second-order valence-corrected chi connectivity index (χ2v) is 9.35. The van der Waals surface area contributed by atoms with Crippen LogP contribution >= 0.6 is 0 Å². The highest BCUT2D eigenvalue weighted by atomic mass is 19.4. The fraction of sp³-hybridized carbons (Fsp3) is 0.172. The molecule has 2 aromatic carbocycles. The molecule has 0 atom stereocenters. The van der Waals surface area contributed by atoms with Crippen molar-refractivity contribution in [1.82, 2.24) is 19.5 Å². The number of aliphatic hydroxyl groups is 1. The Morgan fingerprint density at radius 2 is 1.56 bits per heavy atom. The average molecular weight is 570 g/mol. The molecule has 1 N–H and O–H groups in total. The van der Waals surface area contributed by atoms with Gasteiger partial charge in [0.15, 0.2) is 0 Å². The molecule has 6 nitrogen and oxygen atoms in total. The summed E-state index contributed by atoms with van der Waals surface area (Å²) >= 11 is 0.